The quantitative estimate of drug-likeness (QED) is 0.299. The van der Waals surface area contributed by atoms with E-state index in [9.17, 15) is 5.11 Å². The first-order valence-corrected chi connectivity index (χ1v) is 10.6. The summed E-state index contributed by atoms with van der Waals surface area (Å²) in [5, 5.41) is 13.3. The fourth-order valence-electron chi connectivity index (χ4n) is 3.07. The highest BCUT2D eigenvalue weighted by molar-refractivity contribution is 4.63. The summed E-state index contributed by atoms with van der Waals surface area (Å²) in [5.41, 5.74) is 0. The smallest absolute Gasteiger partial charge is 0.0667 e. The van der Waals surface area contributed by atoms with Crippen LogP contribution < -0.4 is 5.32 Å². The van der Waals surface area contributed by atoms with Crippen molar-refractivity contribution in [2.24, 2.45) is 5.92 Å². The molecule has 0 rings (SSSR count). The second kappa shape index (κ2) is 18.3. The largest absolute Gasteiger partial charge is 0.392 e. The molecular formula is C21H45NO. The summed E-state index contributed by atoms with van der Waals surface area (Å²) in [6.45, 7) is 8.52. The summed E-state index contributed by atoms with van der Waals surface area (Å²) < 4.78 is 0. The monoisotopic (exact) mass is 327 g/mol. The zero-order valence-corrected chi connectivity index (χ0v) is 16.4. The SMILES string of the molecule is CCCCCCCCCCCCCCNCC(O)CC(C)CC. The summed E-state index contributed by atoms with van der Waals surface area (Å²) in [7, 11) is 0. The van der Waals surface area contributed by atoms with Crippen LogP contribution in [0.15, 0.2) is 0 Å². The molecule has 0 bridgehead atoms. The topological polar surface area (TPSA) is 32.3 Å². The third kappa shape index (κ3) is 18.1. The number of hydrogen-bond donors (Lipinski definition) is 2. The molecule has 0 aliphatic rings. The van der Waals surface area contributed by atoms with Crippen molar-refractivity contribution in [2.45, 2.75) is 117 Å². The average Bonchev–Trinajstić information content (AvgIpc) is 2.55. The standard InChI is InChI=1S/C21H45NO/c1-4-6-7-8-9-10-11-12-13-14-15-16-17-22-19-21(23)18-20(3)5-2/h20-23H,4-19H2,1-3H3. The van der Waals surface area contributed by atoms with Gasteiger partial charge in [0, 0.05) is 6.54 Å². The van der Waals surface area contributed by atoms with Crippen LogP contribution in [0, 0.1) is 5.92 Å². The molecule has 0 aromatic heterocycles. The second-order valence-electron chi connectivity index (χ2n) is 7.50. The maximum absolute atomic E-state index is 9.88. The Kier molecular flexibility index (Phi) is 18.2. The van der Waals surface area contributed by atoms with Crippen LogP contribution in [-0.4, -0.2) is 24.3 Å². The Morgan fingerprint density at radius 1 is 0.739 bits per heavy atom. The number of unbranched alkanes of at least 4 members (excludes halogenated alkanes) is 11. The van der Waals surface area contributed by atoms with Gasteiger partial charge in [0.2, 0.25) is 0 Å². The Balaban J connectivity index is 3.10. The van der Waals surface area contributed by atoms with Crippen molar-refractivity contribution in [2.75, 3.05) is 13.1 Å². The molecular weight excluding hydrogens is 282 g/mol. The van der Waals surface area contributed by atoms with Crippen LogP contribution in [0.4, 0.5) is 0 Å². The molecule has 2 unspecified atom stereocenters. The summed E-state index contributed by atoms with van der Waals surface area (Å²) in [6.07, 6.45) is 18.7. The highest BCUT2D eigenvalue weighted by Crippen LogP contribution is 2.12. The lowest BCUT2D eigenvalue weighted by molar-refractivity contribution is 0.142. The van der Waals surface area contributed by atoms with Crippen molar-refractivity contribution in [3.63, 3.8) is 0 Å². The zero-order chi connectivity index (χ0) is 17.2. The molecule has 140 valence electrons. The van der Waals surface area contributed by atoms with Crippen molar-refractivity contribution in [1.29, 1.82) is 0 Å². The molecule has 2 atom stereocenters. The van der Waals surface area contributed by atoms with E-state index in [1.54, 1.807) is 0 Å². The van der Waals surface area contributed by atoms with Crippen molar-refractivity contribution in [3.05, 3.63) is 0 Å². The summed E-state index contributed by atoms with van der Waals surface area (Å²) in [5.74, 6) is 0.637. The highest BCUT2D eigenvalue weighted by atomic mass is 16.3. The molecule has 0 aromatic rings. The highest BCUT2D eigenvalue weighted by Gasteiger charge is 2.07. The van der Waals surface area contributed by atoms with Gasteiger partial charge < -0.3 is 10.4 Å². The molecule has 2 N–H and O–H groups in total. The average molecular weight is 328 g/mol. The van der Waals surface area contributed by atoms with E-state index in [1.807, 2.05) is 0 Å². The number of rotatable bonds is 18. The number of nitrogens with one attached hydrogen (secondary N) is 1. The van der Waals surface area contributed by atoms with Gasteiger partial charge >= 0.3 is 0 Å². The van der Waals surface area contributed by atoms with Gasteiger partial charge in [-0.3, -0.25) is 0 Å². The molecule has 0 saturated heterocycles. The molecule has 0 radical (unpaired) electrons. The lowest BCUT2D eigenvalue weighted by Gasteiger charge is -2.15. The molecule has 2 nitrogen and oxygen atoms in total. The predicted molar refractivity (Wildman–Crippen MR) is 104 cm³/mol. The molecule has 0 heterocycles. The second-order valence-corrected chi connectivity index (χ2v) is 7.50. The Hall–Kier alpha value is -0.0800. The van der Waals surface area contributed by atoms with Crippen molar-refractivity contribution in [1.82, 2.24) is 5.32 Å². The van der Waals surface area contributed by atoms with E-state index in [4.69, 9.17) is 0 Å². The Labute approximate surface area is 146 Å². The Bertz CT molecular complexity index is 220. The number of aliphatic hydroxyl groups excluding tert-OH is 1. The maximum Gasteiger partial charge on any atom is 0.0667 e. The molecule has 0 saturated carbocycles. The molecule has 0 spiro atoms. The van der Waals surface area contributed by atoms with Gasteiger partial charge in [-0.05, 0) is 25.3 Å². The van der Waals surface area contributed by atoms with Crippen molar-refractivity contribution < 1.29 is 5.11 Å². The van der Waals surface area contributed by atoms with Crippen LogP contribution in [-0.2, 0) is 0 Å². The van der Waals surface area contributed by atoms with Crippen LogP contribution >= 0.6 is 0 Å². The Morgan fingerprint density at radius 2 is 1.22 bits per heavy atom. The first-order valence-electron chi connectivity index (χ1n) is 10.6. The first kappa shape index (κ1) is 22.9. The van der Waals surface area contributed by atoms with E-state index in [2.05, 4.69) is 26.1 Å². The molecule has 0 aliphatic heterocycles. The minimum Gasteiger partial charge on any atom is -0.392 e. The van der Waals surface area contributed by atoms with Crippen LogP contribution in [0.5, 0.6) is 0 Å². The molecule has 0 aromatic carbocycles. The van der Waals surface area contributed by atoms with Crippen LogP contribution in [0.25, 0.3) is 0 Å². The zero-order valence-electron chi connectivity index (χ0n) is 16.4. The van der Waals surface area contributed by atoms with Crippen molar-refractivity contribution in [3.8, 4) is 0 Å². The molecule has 0 amide bonds. The van der Waals surface area contributed by atoms with E-state index in [1.165, 1.54) is 77.0 Å². The van der Waals surface area contributed by atoms with E-state index < -0.39 is 0 Å². The van der Waals surface area contributed by atoms with Gasteiger partial charge in [-0.1, -0.05) is 97.8 Å². The van der Waals surface area contributed by atoms with Gasteiger partial charge in [0.25, 0.3) is 0 Å². The van der Waals surface area contributed by atoms with E-state index >= 15 is 0 Å². The Morgan fingerprint density at radius 3 is 1.70 bits per heavy atom. The fraction of sp³-hybridized carbons (Fsp3) is 1.00. The molecule has 23 heavy (non-hydrogen) atoms. The van der Waals surface area contributed by atoms with E-state index in [0.717, 1.165) is 25.9 Å². The van der Waals surface area contributed by atoms with Gasteiger partial charge in [0.05, 0.1) is 6.10 Å². The van der Waals surface area contributed by atoms with Gasteiger partial charge in [0.15, 0.2) is 0 Å². The minimum absolute atomic E-state index is 0.165. The van der Waals surface area contributed by atoms with Crippen LogP contribution in [0.3, 0.4) is 0 Å². The third-order valence-electron chi connectivity index (χ3n) is 4.96. The van der Waals surface area contributed by atoms with E-state index in [-0.39, 0.29) is 6.10 Å². The normalized spacial score (nSPS) is 14.1. The number of aliphatic hydroxyl groups is 1. The predicted octanol–water partition coefficient (Wildman–Crippen LogP) is 6.07. The van der Waals surface area contributed by atoms with Gasteiger partial charge in [0.1, 0.15) is 0 Å². The lowest BCUT2D eigenvalue weighted by Crippen LogP contribution is -2.28. The third-order valence-corrected chi connectivity index (χ3v) is 4.96. The van der Waals surface area contributed by atoms with Crippen molar-refractivity contribution >= 4 is 0 Å². The number of hydrogen-bond acceptors (Lipinski definition) is 2. The van der Waals surface area contributed by atoms with Crippen LogP contribution in [0.2, 0.25) is 0 Å². The van der Waals surface area contributed by atoms with Gasteiger partial charge in [-0.2, -0.15) is 0 Å². The molecule has 0 fully saturated rings. The maximum atomic E-state index is 9.88. The summed E-state index contributed by atoms with van der Waals surface area (Å²) in [6, 6.07) is 0. The van der Waals surface area contributed by atoms with Gasteiger partial charge in [-0.25, -0.2) is 0 Å². The minimum atomic E-state index is -0.165. The van der Waals surface area contributed by atoms with Gasteiger partial charge in [-0.15, -0.1) is 0 Å². The molecule has 0 aliphatic carbocycles. The summed E-state index contributed by atoms with van der Waals surface area (Å²) in [4.78, 5) is 0. The van der Waals surface area contributed by atoms with Crippen LogP contribution in [0.1, 0.15) is 111 Å². The first-order chi connectivity index (χ1) is 11.2. The fourth-order valence-corrected chi connectivity index (χ4v) is 3.07. The molecule has 2 heteroatoms. The lowest BCUT2D eigenvalue weighted by atomic mass is 10.0. The van der Waals surface area contributed by atoms with E-state index in [0.29, 0.717) is 5.92 Å². The summed E-state index contributed by atoms with van der Waals surface area (Å²) >= 11 is 0.